The van der Waals surface area contributed by atoms with Crippen molar-refractivity contribution in [2.75, 3.05) is 6.54 Å². The van der Waals surface area contributed by atoms with Crippen LogP contribution in [0.2, 0.25) is 0 Å². The van der Waals surface area contributed by atoms with Gasteiger partial charge in [-0.3, -0.25) is 0 Å². The molecule has 1 aromatic rings. The molecule has 2 atom stereocenters. The first-order chi connectivity index (χ1) is 8.87. The Bertz CT molecular complexity index is 403. The van der Waals surface area contributed by atoms with Crippen molar-refractivity contribution in [2.24, 2.45) is 11.3 Å². The fourth-order valence-corrected chi connectivity index (χ4v) is 4.09. The van der Waals surface area contributed by atoms with Gasteiger partial charge in [-0.2, -0.15) is 0 Å². The maximum atomic E-state index is 3.65. The molecule has 1 saturated carbocycles. The first-order valence-corrected chi connectivity index (χ1v) is 8.54. The SMILES string of the molecule is Cc1cc(C2CC(C)(C)CCC2CNC(C)C)cs1. The topological polar surface area (TPSA) is 12.0 Å². The van der Waals surface area contributed by atoms with Crippen LogP contribution in [0, 0.1) is 18.3 Å². The molecular weight excluding hydrogens is 250 g/mol. The lowest BCUT2D eigenvalue weighted by Gasteiger charge is -2.41. The second kappa shape index (κ2) is 5.97. The zero-order valence-electron chi connectivity index (χ0n) is 13.1. The minimum atomic E-state index is 0.509. The van der Waals surface area contributed by atoms with Crippen molar-refractivity contribution in [2.45, 2.75) is 65.8 Å². The van der Waals surface area contributed by atoms with Crippen LogP contribution in [0.3, 0.4) is 0 Å². The summed E-state index contributed by atoms with van der Waals surface area (Å²) >= 11 is 1.90. The molecule has 1 heterocycles. The standard InChI is InChI=1S/C17H29NS/c1-12(2)18-10-14-6-7-17(4,5)9-16(14)15-8-13(3)19-11-15/h8,11-12,14,16,18H,6-7,9-10H2,1-5H3. The Kier molecular flexibility index (Phi) is 4.73. The van der Waals surface area contributed by atoms with Crippen LogP contribution in [0.5, 0.6) is 0 Å². The van der Waals surface area contributed by atoms with E-state index in [1.807, 2.05) is 11.3 Å². The van der Waals surface area contributed by atoms with Gasteiger partial charge >= 0.3 is 0 Å². The molecule has 0 radical (unpaired) electrons. The van der Waals surface area contributed by atoms with Gasteiger partial charge in [-0.1, -0.05) is 27.7 Å². The summed E-state index contributed by atoms with van der Waals surface area (Å²) in [6, 6.07) is 3.01. The maximum absolute atomic E-state index is 3.65. The molecule has 0 bridgehead atoms. The number of thiophene rings is 1. The van der Waals surface area contributed by atoms with E-state index in [1.54, 1.807) is 5.56 Å². The number of nitrogens with one attached hydrogen (secondary N) is 1. The van der Waals surface area contributed by atoms with Gasteiger partial charge in [-0.25, -0.2) is 0 Å². The minimum Gasteiger partial charge on any atom is -0.314 e. The Morgan fingerprint density at radius 2 is 2.16 bits per heavy atom. The third-order valence-corrected chi connectivity index (χ3v) is 5.38. The minimum absolute atomic E-state index is 0.509. The predicted octanol–water partition coefficient (Wildman–Crippen LogP) is 4.96. The van der Waals surface area contributed by atoms with E-state index in [2.05, 4.69) is 51.4 Å². The summed E-state index contributed by atoms with van der Waals surface area (Å²) in [7, 11) is 0. The van der Waals surface area contributed by atoms with E-state index < -0.39 is 0 Å². The normalized spacial score (nSPS) is 26.8. The first-order valence-electron chi connectivity index (χ1n) is 7.66. The third kappa shape index (κ3) is 4.06. The van der Waals surface area contributed by atoms with Crippen molar-refractivity contribution in [1.82, 2.24) is 5.32 Å². The second-order valence-corrected chi connectivity index (χ2v) is 8.44. The molecule has 1 aliphatic carbocycles. The largest absolute Gasteiger partial charge is 0.314 e. The van der Waals surface area contributed by atoms with Gasteiger partial charge in [-0.05, 0) is 67.0 Å². The summed E-state index contributed by atoms with van der Waals surface area (Å²) in [6.45, 7) is 12.8. The molecule has 1 N–H and O–H groups in total. The number of hydrogen-bond donors (Lipinski definition) is 1. The molecule has 0 amide bonds. The van der Waals surface area contributed by atoms with E-state index in [0.29, 0.717) is 11.5 Å². The number of rotatable bonds is 4. The van der Waals surface area contributed by atoms with Crippen LogP contribution in [0.25, 0.3) is 0 Å². The van der Waals surface area contributed by atoms with Crippen molar-refractivity contribution < 1.29 is 0 Å². The third-order valence-electron chi connectivity index (χ3n) is 4.50. The second-order valence-electron chi connectivity index (χ2n) is 7.33. The molecule has 0 spiro atoms. The zero-order valence-corrected chi connectivity index (χ0v) is 13.9. The van der Waals surface area contributed by atoms with Crippen LogP contribution in [0.1, 0.15) is 63.3 Å². The zero-order chi connectivity index (χ0) is 14.0. The molecule has 2 unspecified atom stereocenters. The Hall–Kier alpha value is -0.340. The van der Waals surface area contributed by atoms with Crippen LogP contribution in [-0.4, -0.2) is 12.6 Å². The number of hydrogen-bond acceptors (Lipinski definition) is 2. The van der Waals surface area contributed by atoms with Crippen LogP contribution in [0.15, 0.2) is 11.4 Å². The lowest BCUT2D eigenvalue weighted by molar-refractivity contribution is 0.158. The van der Waals surface area contributed by atoms with Crippen molar-refractivity contribution in [3.05, 3.63) is 21.9 Å². The molecule has 1 aromatic heterocycles. The molecule has 19 heavy (non-hydrogen) atoms. The van der Waals surface area contributed by atoms with Gasteiger partial charge in [0, 0.05) is 10.9 Å². The molecule has 1 aliphatic rings. The van der Waals surface area contributed by atoms with Gasteiger partial charge in [0.15, 0.2) is 0 Å². The van der Waals surface area contributed by atoms with E-state index >= 15 is 0 Å². The molecular formula is C17H29NS. The van der Waals surface area contributed by atoms with Crippen molar-refractivity contribution >= 4 is 11.3 Å². The Morgan fingerprint density at radius 1 is 1.42 bits per heavy atom. The molecule has 0 saturated heterocycles. The Morgan fingerprint density at radius 3 is 2.74 bits per heavy atom. The smallest absolute Gasteiger partial charge is 0.00171 e. The predicted molar refractivity (Wildman–Crippen MR) is 86.1 cm³/mol. The summed E-state index contributed by atoms with van der Waals surface area (Å²) < 4.78 is 0. The summed E-state index contributed by atoms with van der Waals surface area (Å²) in [5.74, 6) is 1.56. The van der Waals surface area contributed by atoms with Gasteiger partial charge in [0.25, 0.3) is 0 Å². The fourth-order valence-electron chi connectivity index (χ4n) is 3.32. The lowest BCUT2D eigenvalue weighted by Crippen LogP contribution is -2.36. The van der Waals surface area contributed by atoms with Gasteiger partial charge in [0.2, 0.25) is 0 Å². The van der Waals surface area contributed by atoms with Gasteiger partial charge < -0.3 is 5.32 Å². The first kappa shape index (κ1) is 15.1. The molecule has 1 fully saturated rings. The van der Waals surface area contributed by atoms with Crippen molar-refractivity contribution in [3.63, 3.8) is 0 Å². The van der Waals surface area contributed by atoms with Crippen LogP contribution in [-0.2, 0) is 0 Å². The van der Waals surface area contributed by atoms with Crippen LogP contribution < -0.4 is 5.32 Å². The molecule has 2 heteroatoms. The highest BCUT2D eigenvalue weighted by atomic mass is 32.1. The highest BCUT2D eigenvalue weighted by molar-refractivity contribution is 7.10. The van der Waals surface area contributed by atoms with Gasteiger partial charge in [-0.15, -0.1) is 11.3 Å². The van der Waals surface area contributed by atoms with Crippen LogP contribution in [0.4, 0.5) is 0 Å². The highest BCUT2D eigenvalue weighted by Gasteiger charge is 2.35. The summed E-state index contributed by atoms with van der Waals surface area (Å²) in [5.41, 5.74) is 2.10. The van der Waals surface area contributed by atoms with Crippen molar-refractivity contribution in [1.29, 1.82) is 0 Å². The Labute approximate surface area is 122 Å². The fraction of sp³-hybridized carbons (Fsp3) is 0.765. The van der Waals surface area contributed by atoms with Crippen LogP contribution >= 0.6 is 11.3 Å². The van der Waals surface area contributed by atoms with Gasteiger partial charge in [0.1, 0.15) is 0 Å². The maximum Gasteiger partial charge on any atom is 0.00171 e. The monoisotopic (exact) mass is 279 g/mol. The van der Waals surface area contributed by atoms with E-state index in [4.69, 9.17) is 0 Å². The molecule has 1 nitrogen and oxygen atoms in total. The van der Waals surface area contributed by atoms with E-state index in [9.17, 15) is 0 Å². The molecule has 0 aromatic carbocycles. The van der Waals surface area contributed by atoms with E-state index in [-0.39, 0.29) is 0 Å². The van der Waals surface area contributed by atoms with Crippen molar-refractivity contribution in [3.8, 4) is 0 Å². The average Bonchev–Trinajstić information content (AvgIpc) is 2.73. The molecule has 108 valence electrons. The van der Waals surface area contributed by atoms with Gasteiger partial charge in [0.05, 0.1) is 0 Å². The summed E-state index contributed by atoms with van der Waals surface area (Å²) in [5, 5.41) is 6.05. The highest BCUT2D eigenvalue weighted by Crippen LogP contribution is 2.47. The summed E-state index contributed by atoms with van der Waals surface area (Å²) in [4.78, 5) is 1.45. The molecule has 0 aliphatic heterocycles. The average molecular weight is 279 g/mol. The van der Waals surface area contributed by atoms with E-state index in [0.717, 1.165) is 11.8 Å². The Balaban J connectivity index is 2.12. The number of aryl methyl sites for hydroxylation is 1. The molecule has 2 rings (SSSR count). The van der Waals surface area contributed by atoms with E-state index in [1.165, 1.54) is 30.7 Å². The quantitative estimate of drug-likeness (QED) is 0.821. The lowest BCUT2D eigenvalue weighted by atomic mass is 9.65. The summed E-state index contributed by atoms with van der Waals surface area (Å²) in [6.07, 6.45) is 4.08.